The lowest BCUT2D eigenvalue weighted by molar-refractivity contribution is 0.131. The van der Waals surface area contributed by atoms with Gasteiger partial charge in [0.05, 0.1) is 6.61 Å². The van der Waals surface area contributed by atoms with Gasteiger partial charge in [0, 0.05) is 19.8 Å². The van der Waals surface area contributed by atoms with Gasteiger partial charge in [-0.25, -0.2) is 4.98 Å². The second kappa shape index (κ2) is 9.36. The average molecular weight is 282 g/mol. The molecule has 3 N–H and O–H groups in total. The molecule has 6 heteroatoms. The van der Waals surface area contributed by atoms with Crippen molar-refractivity contribution in [3.8, 4) is 5.88 Å². The zero-order valence-electron chi connectivity index (χ0n) is 12.7. The van der Waals surface area contributed by atoms with Crippen molar-refractivity contribution in [2.45, 2.75) is 40.0 Å². The van der Waals surface area contributed by atoms with Crippen LogP contribution in [0.25, 0.3) is 0 Å². The van der Waals surface area contributed by atoms with E-state index < -0.39 is 0 Å². The van der Waals surface area contributed by atoms with E-state index in [0.717, 1.165) is 39.0 Å². The minimum atomic E-state index is 0.446. The van der Waals surface area contributed by atoms with Crippen LogP contribution >= 0.6 is 0 Å². The lowest BCUT2D eigenvalue weighted by Gasteiger charge is -2.12. The quantitative estimate of drug-likeness (QED) is 0.641. The molecular weight excluding hydrogens is 256 g/mol. The van der Waals surface area contributed by atoms with E-state index in [-0.39, 0.29) is 0 Å². The van der Waals surface area contributed by atoms with Crippen molar-refractivity contribution in [1.29, 1.82) is 0 Å². The summed E-state index contributed by atoms with van der Waals surface area (Å²) < 4.78 is 10.9. The van der Waals surface area contributed by atoms with Crippen LogP contribution in [0.1, 0.15) is 38.9 Å². The van der Waals surface area contributed by atoms with Crippen molar-refractivity contribution in [1.82, 2.24) is 9.97 Å². The Labute approximate surface area is 121 Å². The first-order chi connectivity index (χ1) is 9.69. The highest BCUT2D eigenvalue weighted by Crippen LogP contribution is 2.25. The van der Waals surface area contributed by atoms with Crippen molar-refractivity contribution < 1.29 is 9.47 Å². The molecule has 20 heavy (non-hydrogen) atoms. The summed E-state index contributed by atoms with van der Waals surface area (Å²) >= 11 is 0. The third kappa shape index (κ3) is 5.61. The Morgan fingerprint density at radius 1 is 1.15 bits per heavy atom. The fourth-order valence-electron chi connectivity index (χ4n) is 1.67. The molecular formula is C14H26N4O2. The van der Waals surface area contributed by atoms with Crippen LogP contribution in [0.15, 0.2) is 0 Å². The van der Waals surface area contributed by atoms with Crippen LogP contribution in [-0.4, -0.2) is 36.3 Å². The Hall–Kier alpha value is -1.56. The van der Waals surface area contributed by atoms with Gasteiger partial charge >= 0.3 is 0 Å². The zero-order valence-corrected chi connectivity index (χ0v) is 12.7. The van der Waals surface area contributed by atoms with Gasteiger partial charge in [0.25, 0.3) is 0 Å². The molecule has 1 aromatic heterocycles. The first kappa shape index (κ1) is 16.5. The van der Waals surface area contributed by atoms with Crippen LogP contribution in [0.3, 0.4) is 0 Å². The normalized spacial score (nSPS) is 10.6. The van der Waals surface area contributed by atoms with Crippen molar-refractivity contribution in [2.75, 3.05) is 37.4 Å². The molecule has 0 bridgehead atoms. The van der Waals surface area contributed by atoms with E-state index in [0.29, 0.717) is 29.8 Å². The topological polar surface area (TPSA) is 82.3 Å². The maximum absolute atomic E-state index is 5.97. The molecule has 0 saturated heterocycles. The number of anilines is 2. The SMILES string of the molecule is CCCCOCCCNc1nc(C)nc(OCC)c1N. The van der Waals surface area contributed by atoms with Gasteiger partial charge < -0.3 is 20.5 Å². The van der Waals surface area contributed by atoms with E-state index in [1.54, 1.807) is 0 Å². The number of nitrogen functional groups attached to an aromatic ring is 1. The molecule has 0 aliphatic carbocycles. The summed E-state index contributed by atoms with van der Waals surface area (Å²) in [6.45, 7) is 8.75. The number of nitrogens with one attached hydrogen (secondary N) is 1. The second-order valence-corrected chi connectivity index (χ2v) is 4.52. The largest absolute Gasteiger partial charge is 0.476 e. The number of rotatable bonds is 10. The molecule has 0 radical (unpaired) electrons. The van der Waals surface area contributed by atoms with E-state index in [4.69, 9.17) is 15.2 Å². The fourth-order valence-corrected chi connectivity index (χ4v) is 1.67. The summed E-state index contributed by atoms with van der Waals surface area (Å²) in [5.74, 6) is 1.72. The molecule has 6 nitrogen and oxygen atoms in total. The van der Waals surface area contributed by atoms with Gasteiger partial charge in [-0.15, -0.1) is 0 Å². The van der Waals surface area contributed by atoms with Crippen LogP contribution < -0.4 is 15.8 Å². The van der Waals surface area contributed by atoms with Crippen LogP contribution in [0.5, 0.6) is 5.88 Å². The summed E-state index contributed by atoms with van der Waals surface area (Å²) in [6, 6.07) is 0. The molecule has 0 saturated carbocycles. The Balaban J connectivity index is 2.39. The summed E-state index contributed by atoms with van der Waals surface area (Å²) in [5, 5.41) is 3.21. The molecule has 0 aliphatic heterocycles. The van der Waals surface area contributed by atoms with Gasteiger partial charge in [-0.3, -0.25) is 0 Å². The molecule has 0 amide bonds. The van der Waals surface area contributed by atoms with Gasteiger partial charge in [-0.2, -0.15) is 4.98 Å². The highest BCUT2D eigenvalue weighted by molar-refractivity contribution is 5.66. The van der Waals surface area contributed by atoms with Crippen molar-refractivity contribution in [3.05, 3.63) is 5.82 Å². The predicted octanol–water partition coefficient (Wildman–Crippen LogP) is 2.38. The number of ether oxygens (including phenoxy) is 2. The van der Waals surface area contributed by atoms with E-state index in [1.165, 1.54) is 0 Å². The van der Waals surface area contributed by atoms with Crippen LogP contribution in [0.2, 0.25) is 0 Å². The van der Waals surface area contributed by atoms with Crippen LogP contribution in [0.4, 0.5) is 11.5 Å². The number of hydrogen-bond donors (Lipinski definition) is 2. The van der Waals surface area contributed by atoms with E-state index in [9.17, 15) is 0 Å². The van der Waals surface area contributed by atoms with Crippen molar-refractivity contribution in [3.63, 3.8) is 0 Å². The second-order valence-electron chi connectivity index (χ2n) is 4.52. The summed E-state index contributed by atoms with van der Waals surface area (Å²) in [6.07, 6.45) is 3.19. The maximum Gasteiger partial charge on any atom is 0.242 e. The molecule has 1 aromatic rings. The number of aryl methyl sites for hydroxylation is 1. The van der Waals surface area contributed by atoms with E-state index in [1.807, 2.05) is 13.8 Å². The van der Waals surface area contributed by atoms with Crippen LogP contribution in [0, 0.1) is 6.92 Å². The summed E-state index contributed by atoms with van der Waals surface area (Å²) in [4.78, 5) is 8.47. The Bertz CT molecular complexity index is 399. The van der Waals surface area contributed by atoms with Crippen molar-refractivity contribution in [2.24, 2.45) is 0 Å². The predicted molar refractivity (Wildman–Crippen MR) is 81.2 cm³/mol. The molecule has 0 fully saturated rings. The molecule has 1 rings (SSSR count). The number of nitrogens with two attached hydrogens (primary N) is 1. The highest BCUT2D eigenvalue weighted by Gasteiger charge is 2.10. The lowest BCUT2D eigenvalue weighted by Crippen LogP contribution is -2.12. The van der Waals surface area contributed by atoms with E-state index in [2.05, 4.69) is 22.2 Å². The summed E-state index contributed by atoms with van der Waals surface area (Å²) in [5.41, 5.74) is 6.44. The molecule has 1 heterocycles. The lowest BCUT2D eigenvalue weighted by atomic mass is 10.3. The van der Waals surface area contributed by atoms with Crippen LogP contribution in [-0.2, 0) is 4.74 Å². The highest BCUT2D eigenvalue weighted by atomic mass is 16.5. The molecule has 0 spiro atoms. The Kier molecular flexibility index (Phi) is 7.72. The third-order valence-corrected chi connectivity index (χ3v) is 2.70. The number of unbranched alkanes of at least 4 members (excludes halogenated alkanes) is 1. The maximum atomic E-state index is 5.97. The minimum absolute atomic E-state index is 0.446. The van der Waals surface area contributed by atoms with Gasteiger partial charge in [0.1, 0.15) is 11.5 Å². The number of aromatic nitrogens is 2. The zero-order chi connectivity index (χ0) is 14.8. The first-order valence-electron chi connectivity index (χ1n) is 7.27. The van der Waals surface area contributed by atoms with E-state index >= 15 is 0 Å². The monoisotopic (exact) mass is 282 g/mol. The standard InChI is InChI=1S/C14H26N4O2/c1-4-6-9-19-10-7-8-16-13-12(15)14(20-5-2)18-11(3)17-13/h4-10,15H2,1-3H3,(H,16,17,18). The average Bonchev–Trinajstić information content (AvgIpc) is 2.43. The first-order valence-corrected chi connectivity index (χ1v) is 7.27. The minimum Gasteiger partial charge on any atom is -0.476 e. The number of nitrogens with zero attached hydrogens (tertiary/aromatic N) is 2. The van der Waals surface area contributed by atoms with Gasteiger partial charge in [-0.05, 0) is 26.7 Å². The number of hydrogen-bond acceptors (Lipinski definition) is 6. The molecule has 0 aromatic carbocycles. The van der Waals surface area contributed by atoms with Gasteiger partial charge in [0.15, 0.2) is 5.82 Å². The van der Waals surface area contributed by atoms with Gasteiger partial charge in [-0.1, -0.05) is 13.3 Å². The molecule has 114 valence electrons. The third-order valence-electron chi connectivity index (χ3n) is 2.70. The fraction of sp³-hybridized carbons (Fsp3) is 0.714. The summed E-state index contributed by atoms with van der Waals surface area (Å²) in [7, 11) is 0. The Morgan fingerprint density at radius 3 is 2.60 bits per heavy atom. The molecule has 0 aliphatic rings. The molecule has 0 atom stereocenters. The molecule has 0 unspecified atom stereocenters. The Morgan fingerprint density at radius 2 is 1.90 bits per heavy atom. The van der Waals surface area contributed by atoms with Crippen molar-refractivity contribution >= 4 is 11.5 Å². The van der Waals surface area contributed by atoms with Gasteiger partial charge in [0.2, 0.25) is 5.88 Å². The smallest absolute Gasteiger partial charge is 0.242 e.